The number of nitrogens with zero attached hydrogens (tertiary/aromatic N) is 1. The highest BCUT2D eigenvalue weighted by Crippen LogP contribution is 2.36. The van der Waals surface area contributed by atoms with Crippen LogP contribution in [0, 0.1) is 5.92 Å². The number of phenols is 1. The summed E-state index contributed by atoms with van der Waals surface area (Å²) in [5, 5.41) is 10.6. The number of phenolic OH excluding ortho intramolecular Hbond substituents is 1. The van der Waals surface area contributed by atoms with Gasteiger partial charge in [-0.15, -0.1) is 0 Å². The second-order valence-corrected chi connectivity index (χ2v) is 6.64. The van der Waals surface area contributed by atoms with Crippen molar-refractivity contribution in [1.29, 1.82) is 0 Å². The third-order valence-electron chi connectivity index (χ3n) is 4.72. The van der Waals surface area contributed by atoms with E-state index in [1.807, 2.05) is 37.3 Å². The Bertz CT molecular complexity index is 920. The lowest BCUT2D eigenvalue weighted by Gasteiger charge is -2.05. The number of carbonyl (C=O) groups is 1. The molecule has 1 saturated carbocycles. The van der Waals surface area contributed by atoms with Crippen LogP contribution >= 0.6 is 0 Å². The van der Waals surface area contributed by atoms with Crippen molar-refractivity contribution in [1.82, 2.24) is 4.57 Å². The molecule has 4 rings (SSSR count). The molecule has 0 bridgehead atoms. The minimum absolute atomic E-state index is 0.248. The minimum Gasteiger partial charge on any atom is -0.508 e. The maximum Gasteiger partial charge on any atom is 0.338 e. The van der Waals surface area contributed by atoms with Gasteiger partial charge in [-0.25, -0.2) is 4.79 Å². The van der Waals surface area contributed by atoms with Crippen LogP contribution in [0.3, 0.4) is 0 Å². The molecule has 1 fully saturated rings. The first-order chi connectivity index (χ1) is 12.2. The molecule has 1 N–H and O–H groups in total. The SMILES string of the molecule is CCOC(=O)c1ccc2c(c1)c(-c1ccc(O)cc1)cn2CC1CC1. The summed E-state index contributed by atoms with van der Waals surface area (Å²) < 4.78 is 7.42. The molecule has 1 aliphatic carbocycles. The first-order valence-electron chi connectivity index (χ1n) is 8.75. The summed E-state index contributed by atoms with van der Waals surface area (Å²) in [6, 6.07) is 12.9. The predicted molar refractivity (Wildman–Crippen MR) is 97.7 cm³/mol. The van der Waals surface area contributed by atoms with E-state index in [2.05, 4.69) is 10.8 Å². The molecule has 4 nitrogen and oxygen atoms in total. The van der Waals surface area contributed by atoms with Gasteiger partial charge in [0.05, 0.1) is 12.2 Å². The van der Waals surface area contributed by atoms with Gasteiger partial charge >= 0.3 is 5.97 Å². The van der Waals surface area contributed by atoms with Crippen LogP contribution in [0.5, 0.6) is 5.75 Å². The molecule has 0 amide bonds. The Hall–Kier alpha value is -2.75. The fourth-order valence-corrected chi connectivity index (χ4v) is 3.24. The molecule has 128 valence electrons. The molecule has 0 spiro atoms. The normalized spacial score (nSPS) is 14.0. The molecule has 4 heteroatoms. The van der Waals surface area contributed by atoms with Crippen LogP contribution in [0.15, 0.2) is 48.7 Å². The van der Waals surface area contributed by atoms with Gasteiger partial charge in [-0.2, -0.15) is 0 Å². The van der Waals surface area contributed by atoms with E-state index in [0.717, 1.165) is 34.5 Å². The zero-order valence-electron chi connectivity index (χ0n) is 14.2. The van der Waals surface area contributed by atoms with Crippen molar-refractivity contribution in [3.63, 3.8) is 0 Å². The molecule has 3 aromatic rings. The number of aromatic hydroxyl groups is 1. The average molecular weight is 335 g/mol. The molecule has 0 saturated heterocycles. The van der Waals surface area contributed by atoms with E-state index in [1.54, 1.807) is 12.1 Å². The number of carbonyl (C=O) groups excluding carboxylic acids is 1. The highest BCUT2D eigenvalue weighted by atomic mass is 16.5. The van der Waals surface area contributed by atoms with E-state index in [4.69, 9.17) is 4.74 Å². The van der Waals surface area contributed by atoms with Gasteiger partial charge < -0.3 is 14.4 Å². The smallest absolute Gasteiger partial charge is 0.338 e. The van der Waals surface area contributed by atoms with Gasteiger partial charge in [0.2, 0.25) is 0 Å². The molecule has 25 heavy (non-hydrogen) atoms. The Morgan fingerprint density at radius 1 is 1.20 bits per heavy atom. The summed E-state index contributed by atoms with van der Waals surface area (Å²) in [6.45, 7) is 3.18. The van der Waals surface area contributed by atoms with Crippen molar-refractivity contribution in [2.45, 2.75) is 26.3 Å². The van der Waals surface area contributed by atoms with E-state index in [9.17, 15) is 9.90 Å². The Labute approximate surface area is 146 Å². The zero-order valence-corrected chi connectivity index (χ0v) is 14.2. The number of aromatic nitrogens is 1. The van der Waals surface area contributed by atoms with Gasteiger partial charge in [0.25, 0.3) is 0 Å². The summed E-state index contributed by atoms with van der Waals surface area (Å²) in [4.78, 5) is 12.1. The second-order valence-electron chi connectivity index (χ2n) is 6.64. The lowest BCUT2D eigenvalue weighted by Crippen LogP contribution is -2.04. The van der Waals surface area contributed by atoms with Crippen LogP contribution in [-0.2, 0) is 11.3 Å². The van der Waals surface area contributed by atoms with Crippen molar-refractivity contribution in [2.75, 3.05) is 6.61 Å². The third-order valence-corrected chi connectivity index (χ3v) is 4.72. The summed E-state index contributed by atoms with van der Waals surface area (Å²) in [6.07, 6.45) is 4.73. The fraction of sp³-hybridized carbons (Fsp3) is 0.286. The Morgan fingerprint density at radius 2 is 1.96 bits per heavy atom. The lowest BCUT2D eigenvalue weighted by molar-refractivity contribution is 0.0526. The number of esters is 1. The maximum atomic E-state index is 12.1. The molecule has 1 heterocycles. The van der Waals surface area contributed by atoms with Crippen molar-refractivity contribution < 1.29 is 14.6 Å². The van der Waals surface area contributed by atoms with E-state index in [-0.39, 0.29) is 11.7 Å². The number of rotatable bonds is 5. The van der Waals surface area contributed by atoms with E-state index in [0.29, 0.717) is 12.2 Å². The molecule has 1 aliphatic rings. The van der Waals surface area contributed by atoms with Crippen molar-refractivity contribution in [3.05, 3.63) is 54.2 Å². The molecule has 0 aliphatic heterocycles. The van der Waals surface area contributed by atoms with Crippen LogP contribution in [0.2, 0.25) is 0 Å². The largest absolute Gasteiger partial charge is 0.508 e. The van der Waals surface area contributed by atoms with Gasteiger partial charge in [-0.1, -0.05) is 12.1 Å². The molecule has 0 atom stereocenters. The predicted octanol–water partition coefficient (Wildman–Crippen LogP) is 4.60. The summed E-state index contributed by atoms with van der Waals surface area (Å²) in [5.41, 5.74) is 3.79. The number of hydrogen-bond donors (Lipinski definition) is 1. The number of fused-ring (bicyclic) bond motifs is 1. The quantitative estimate of drug-likeness (QED) is 0.693. The third kappa shape index (κ3) is 3.12. The number of hydrogen-bond acceptors (Lipinski definition) is 3. The summed E-state index contributed by atoms with van der Waals surface area (Å²) in [7, 11) is 0. The maximum absolute atomic E-state index is 12.1. The highest BCUT2D eigenvalue weighted by Gasteiger charge is 2.23. The monoisotopic (exact) mass is 335 g/mol. The highest BCUT2D eigenvalue weighted by molar-refractivity contribution is 6.01. The Kier molecular flexibility index (Phi) is 3.96. The van der Waals surface area contributed by atoms with E-state index >= 15 is 0 Å². The van der Waals surface area contributed by atoms with Gasteiger partial charge in [0.1, 0.15) is 5.75 Å². The first-order valence-corrected chi connectivity index (χ1v) is 8.75. The number of benzene rings is 2. The minimum atomic E-state index is -0.295. The Balaban J connectivity index is 1.84. The van der Waals surface area contributed by atoms with Gasteiger partial charge in [0.15, 0.2) is 0 Å². The molecule has 1 aromatic heterocycles. The van der Waals surface area contributed by atoms with Crippen LogP contribution < -0.4 is 0 Å². The molecule has 0 unspecified atom stereocenters. The second kappa shape index (κ2) is 6.28. The van der Waals surface area contributed by atoms with Crippen LogP contribution in [-0.4, -0.2) is 22.2 Å². The lowest BCUT2D eigenvalue weighted by atomic mass is 10.0. The van der Waals surface area contributed by atoms with E-state index in [1.165, 1.54) is 12.8 Å². The fourth-order valence-electron chi connectivity index (χ4n) is 3.24. The molecular weight excluding hydrogens is 314 g/mol. The molecule has 0 radical (unpaired) electrons. The van der Waals surface area contributed by atoms with Crippen LogP contribution in [0.25, 0.3) is 22.0 Å². The number of ether oxygens (including phenoxy) is 1. The summed E-state index contributed by atoms with van der Waals surface area (Å²) in [5.74, 6) is 0.710. The van der Waals surface area contributed by atoms with Crippen molar-refractivity contribution >= 4 is 16.9 Å². The topological polar surface area (TPSA) is 51.5 Å². The summed E-state index contributed by atoms with van der Waals surface area (Å²) >= 11 is 0. The van der Waals surface area contributed by atoms with E-state index < -0.39 is 0 Å². The standard InChI is InChI=1S/C21H21NO3/c1-2-25-21(24)16-7-10-20-18(11-16)19(13-22(20)12-14-3-4-14)15-5-8-17(23)9-6-15/h5-11,13-14,23H,2-4,12H2,1H3. The van der Waals surface area contributed by atoms with Crippen LogP contribution in [0.1, 0.15) is 30.1 Å². The molecular formula is C21H21NO3. The van der Waals surface area contributed by atoms with Gasteiger partial charge in [-0.3, -0.25) is 0 Å². The first kappa shape index (κ1) is 15.8. The molecule has 2 aromatic carbocycles. The van der Waals surface area contributed by atoms with Gasteiger partial charge in [0, 0.05) is 29.2 Å². The Morgan fingerprint density at radius 3 is 2.64 bits per heavy atom. The van der Waals surface area contributed by atoms with Gasteiger partial charge in [-0.05, 0) is 61.6 Å². The van der Waals surface area contributed by atoms with Crippen molar-refractivity contribution in [2.24, 2.45) is 5.92 Å². The average Bonchev–Trinajstić information content (AvgIpc) is 3.36. The van der Waals surface area contributed by atoms with Crippen molar-refractivity contribution in [3.8, 4) is 16.9 Å². The zero-order chi connectivity index (χ0) is 17.4. The van der Waals surface area contributed by atoms with Crippen LogP contribution in [0.4, 0.5) is 0 Å².